The quantitative estimate of drug-likeness (QED) is 0.717. The molecule has 1 aromatic carbocycles. The molecule has 140 valence electrons. The third-order valence-corrected chi connectivity index (χ3v) is 5.51. The summed E-state index contributed by atoms with van der Waals surface area (Å²) in [7, 11) is 0. The zero-order chi connectivity index (χ0) is 19.0. The van der Waals surface area contributed by atoms with E-state index in [-0.39, 0.29) is 5.56 Å². The summed E-state index contributed by atoms with van der Waals surface area (Å²) in [4.78, 5) is 23.7. The minimum atomic E-state index is -0.964. The molecule has 0 atom stereocenters. The zero-order valence-corrected chi connectivity index (χ0v) is 15.8. The molecule has 1 fully saturated rings. The lowest BCUT2D eigenvalue weighted by atomic mass is 10.0. The highest BCUT2D eigenvalue weighted by atomic mass is 35.5. The van der Waals surface area contributed by atoms with Gasteiger partial charge in [0.1, 0.15) is 5.82 Å². The van der Waals surface area contributed by atoms with E-state index in [1.54, 1.807) is 6.07 Å². The monoisotopic (exact) mass is 384 g/mol. The van der Waals surface area contributed by atoms with Crippen LogP contribution in [0.1, 0.15) is 17.3 Å². The molecule has 7 heteroatoms. The third-order valence-electron chi connectivity index (χ3n) is 5.20. The lowest BCUT2D eigenvalue weighted by Gasteiger charge is -2.34. The fraction of sp³-hybridized carbons (Fsp3) is 0.300. The molecule has 6 nitrogen and oxygen atoms in total. The van der Waals surface area contributed by atoms with Crippen molar-refractivity contribution in [1.82, 2.24) is 14.9 Å². The van der Waals surface area contributed by atoms with Crippen LogP contribution < -0.4 is 4.90 Å². The summed E-state index contributed by atoms with van der Waals surface area (Å²) >= 11 is 6.44. The smallest absolute Gasteiger partial charge is 0.337 e. The van der Waals surface area contributed by atoms with E-state index in [9.17, 15) is 9.90 Å². The summed E-state index contributed by atoms with van der Waals surface area (Å²) in [6.45, 7) is 7.31. The summed E-state index contributed by atoms with van der Waals surface area (Å²) in [6.07, 6.45) is 3.30. The van der Waals surface area contributed by atoms with Crippen molar-refractivity contribution >= 4 is 34.3 Å². The number of halogens is 1. The van der Waals surface area contributed by atoms with E-state index >= 15 is 0 Å². The molecule has 0 spiro atoms. The van der Waals surface area contributed by atoms with Gasteiger partial charge in [0.15, 0.2) is 0 Å². The first kappa shape index (κ1) is 17.8. The van der Waals surface area contributed by atoms with Crippen LogP contribution in [0.5, 0.6) is 0 Å². The van der Waals surface area contributed by atoms with Crippen LogP contribution in [0.4, 0.5) is 5.82 Å². The van der Waals surface area contributed by atoms with Crippen molar-refractivity contribution in [2.75, 3.05) is 37.6 Å². The Morgan fingerprint density at radius 1 is 1.26 bits per heavy atom. The number of benzene rings is 1. The Bertz CT molecular complexity index is 976. The van der Waals surface area contributed by atoms with Crippen LogP contribution in [-0.4, -0.2) is 58.7 Å². The van der Waals surface area contributed by atoms with Crippen LogP contribution in [0.15, 0.2) is 36.7 Å². The maximum atomic E-state index is 11.4. The van der Waals surface area contributed by atoms with Gasteiger partial charge >= 0.3 is 5.97 Å². The van der Waals surface area contributed by atoms with Crippen LogP contribution in [0.25, 0.3) is 22.0 Å². The SMILES string of the molecule is CCN1CCN(c2ccc(-c3cc4c(C(=O)O)c[nH]c4cc3Cl)cn2)CC1. The van der Waals surface area contributed by atoms with E-state index in [1.807, 2.05) is 24.4 Å². The lowest BCUT2D eigenvalue weighted by Crippen LogP contribution is -2.46. The second-order valence-corrected chi connectivity index (χ2v) is 7.12. The van der Waals surface area contributed by atoms with Crippen LogP contribution in [0, 0.1) is 0 Å². The maximum Gasteiger partial charge on any atom is 0.337 e. The molecular formula is C20H21ClN4O2. The number of hydrogen-bond acceptors (Lipinski definition) is 4. The fourth-order valence-electron chi connectivity index (χ4n) is 3.57. The molecule has 0 bridgehead atoms. The van der Waals surface area contributed by atoms with Gasteiger partial charge in [0.2, 0.25) is 0 Å². The molecule has 2 aromatic heterocycles. The Labute approximate surface area is 162 Å². The minimum absolute atomic E-state index is 0.237. The number of likely N-dealkylation sites (N-methyl/N-ethyl adjacent to an activating group) is 1. The van der Waals surface area contributed by atoms with E-state index in [1.165, 1.54) is 6.20 Å². The number of nitrogens with zero attached hydrogens (tertiary/aromatic N) is 3. The number of carbonyl (C=O) groups is 1. The minimum Gasteiger partial charge on any atom is -0.478 e. The van der Waals surface area contributed by atoms with Crippen LogP contribution in [-0.2, 0) is 0 Å². The topological polar surface area (TPSA) is 72.5 Å². The molecule has 1 saturated heterocycles. The van der Waals surface area contributed by atoms with E-state index in [0.717, 1.165) is 49.7 Å². The van der Waals surface area contributed by atoms with Gasteiger partial charge in [0.25, 0.3) is 0 Å². The summed E-state index contributed by atoms with van der Waals surface area (Å²) < 4.78 is 0. The van der Waals surface area contributed by atoms with Crippen molar-refractivity contribution in [3.05, 3.63) is 47.2 Å². The second kappa shape index (κ2) is 7.21. The Balaban J connectivity index is 1.63. The average molecular weight is 385 g/mol. The van der Waals surface area contributed by atoms with Crippen molar-refractivity contribution in [1.29, 1.82) is 0 Å². The van der Waals surface area contributed by atoms with Crippen molar-refractivity contribution in [3.8, 4) is 11.1 Å². The second-order valence-electron chi connectivity index (χ2n) is 6.71. The molecule has 1 aliphatic rings. The van der Waals surface area contributed by atoms with E-state index < -0.39 is 5.97 Å². The Morgan fingerprint density at radius 2 is 2.04 bits per heavy atom. The number of piperazine rings is 1. The van der Waals surface area contributed by atoms with Gasteiger partial charge in [-0.15, -0.1) is 0 Å². The van der Waals surface area contributed by atoms with E-state index in [4.69, 9.17) is 11.6 Å². The molecule has 0 amide bonds. The molecule has 1 aliphatic heterocycles. The number of H-pyrrole nitrogens is 1. The summed E-state index contributed by atoms with van der Waals surface area (Å²) in [5.74, 6) is -0.00575. The van der Waals surface area contributed by atoms with Crippen molar-refractivity contribution < 1.29 is 9.90 Å². The standard InChI is InChI=1S/C20H21ClN4O2/c1-2-24-5-7-25(8-6-24)19-4-3-13(11-23-19)14-9-15-16(20(26)27)12-22-18(15)10-17(14)21/h3-4,9-12,22H,2,5-8H2,1H3,(H,26,27). The number of aromatic amines is 1. The molecular weight excluding hydrogens is 364 g/mol. The van der Waals surface area contributed by atoms with Gasteiger partial charge in [-0.2, -0.15) is 0 Å². The largest absolute Gasteiger partial charge is 0.478 e. The first-order valence-corrected chi connectivity index (χ1v) is 9.42. The van der Waals surface area contributed by atoms with Gasteiger partial charge in [-0.3, -0.25) is 0 Å². The van der Waals surface area contributed by atoms with Crippen LogP contribution >= 0.6 is 11.6 Å². The van der Waals surface area contributed by atoms with E-state index in [0.29, 0.717) is 15.9 Å². The molecule has 3 heterocycles. The van der Waals surface area contributed by atoms with Gasteiger partial charge < -0.3 is 19.9 Å². The first-order chi connectivity index (χ1) is 13.1. The number of hydrogen-bond donors (Lipinski definition) is 2. The molecule has 0 saturated carbocycles. The number of aromatic carboxylic acids is 1. The normalized spacial score (nSPS) is 15.4. The summed E-state index contributed by atoms with van der Waals surface area (Å²) in [5, 5.41) is 10.5. The number of aromatic nitrogens is 2. The zero-order valence-electron chi connectivity index (χ0n) is 15.1. The predicted molar refractivity (Wildman–Crippen MR) is 108 cm³/mol. The van der Waals surface area contributed by atoms with Gasteiger partial charge in [-0.25, -0.2) is 9.78 Å². The third kappa shape index (κ3) is 3.38. The number of pyridine rings is 1. The van der Waals surface area contributed by atoms with Crippen molar-refractivity contribution in [2.45, 2.75) is 6.92 Å². The average Bonchev–Trinajstić information content (AvgIpc) is 3.10. The molecule has 27 heavy (non-hydrogen) atoms. The molecule has 0 radical (unpaired) electrons. The number of nitrogens with one attached hydrogen (secondary N) is 1. The highest BCUT2D eigenvalue weighted by Gasteiger charge is 2.18. The van der Waals surface area contributed by atoms with E-state index in [2.05, 4.69) is 26.7 Å². The molecule has 2 N–H and O–H groups in total. The fourth-order valence-corrected chi connectivity index (χ4v) is 3.84. The van der Waals surface area contributed by atoms with Gasteiger partial charge in [0.05, 0.1) is 10.6 Å². The van der Waals surface area contributed by atoms with Gasteiger partial charge in [-0.05, 0) is 30.8 Å². The van der Waals surface area contributed by atoms with Crippen molar-refractivity contribution in [2.24, 2.45) is 0 Å². The molecule has 0 aliphatic carbocycles. The van der Waals surface area contributed by atoms with Gasteiger partial charge in [0, 0.05) is 60.6 Å². The molecule has 0 unspecified atom stereocenters. The van der Waals surface area contributed by atoms with Gasteiger partial charge in [-0.1, -0.05) is 18.5 Å². The lowest BCUT2D eigenvalue weighted by molar-refractivity contribution is 0.0699. The number of fused-ring (bicyclic) bond motifs is 1. The summed E-state index contributed by atoms with van der Waals surface area (Å²) in [6, 6.07) is 7.58. The molecule has 4 rings (SSSR count). The first-order valence-electron chi connectivity index (χ1n) is 9.04. The maximum absolute atomic E-state index is 11.4. The summed E-state index contributed by atoms with van der Waals surface area (Å²) in [5.41, 5.74) is 2.59. The van der Waals surface area contributed by atoms with Crippen LogP contribution in [0.3, 0.4) is 0 Å². The Hall–Kier alpha value is -2.57. The highest BCUT2D eigenvalue weighted by molar-refractivity contribution is 6.34. The number of rotatable bonds is 4. The predicted octanol–water partition coefficient (Wildman–Crippen LogP) is 3.72. The highest BCUT2D eigenvalue weighted by Crippen LogP contribution is 2.33. The Kier molecular flexibility index (Phi) is 4.76. The molecule has 3 aromatic rings. The number of anilines is 1. The number of carboxylic acid groups (broad SMARTS) is 1. The van der Waals surface area contributed by atoms with Crippen molar-refractivity contribution in [3.63, 3.8) is 0 Å². The number of carboxylic acids is 1. The van der Waals surface area contributed by atoms with Crippen LogP contribution in [0.2, 0.25) is 5.02 Å². The Morgan fingerprint density at radius 3 is 2.67 bits per heavy atom.